The van der Waals surface area contributed by atoms with Gasteiger partial charge < -0.3 is 10.6 Å². The number of rotatable bonds is 2. The number of piperidine rings is 1. The van der Waals surface area contributed by atoms with Crippen molar-refractivity contribution in [2.24, 2.45) is 5.92 Å². The Morgan fingerprint density at radius 2 is 2.15 bits per heavy atom. The van der Waals surface area contributed by atoms with Gasteiger partial charge in [-0.15, -0.1) is 0 Å². The lowest BCUT2D eigenvalue weighted by atomic mass is 9.94. The molecule has 0 saturated carbocycles. The standard InChI is InChI=1S/C14H24N6/c1-5-19-13-12(10(3)17-19)16-14(15)20(13)11-6-7-18(4)8-9(11)2/h9,11H,5-8H2,1-4H3,(H2,15,16). The average Bonchev–Trinajstić information content (AvgIpc) is 2.88. The van der Waals surface area contributed by atoms with Gasteiger partial charge in [-0.1, -0.05) is 6.92 Å². The second kappa shape index (κ2) is 4.77. The minimum absolute atomic E-state index is 0.414. The van der Waals surface area contributed by atoms with E-state index in [4.69, 9.17) is 5.73 Å². The summed E-state index contributed by atoms with van der Waals surface area (Å²) in [4.78, 5) is 6.94. The number of hydrogen-bond donors (Lipinski definition) is 1. The summed E-state index contributed by atoms with van der Waals surface area (Å²) in [6, 6.07) is 0.414. The van der Waals surface area contributed by atoms with Crippen LogP contribution < -0.4 is 5.73 Å². The van der Waals surface area contributed by atoms with Crippen molar-refractivity contribution in [3.05, 3.63) is 5.69 Å². The molecule has 0 aliphatic carbocycles. The predicted octanol–water partition coefficient (Wildman–Crippen LogP) is 1.66. The molecule has 0 aromatic carbocycles. The summed E-state index contributed by atoms with van der Waals surface area (Å²) in [5, 5.41) is 4.57. The van der Waals surface area contributed by atoms with Crippen LogP contribution in [0.15, 0.2) is 0 Å². The highest BCUT2D eigenvalue weighted by atomic mass is 15.4. The molecule has 3 rings (SSSR count). The third kappa shape index (κ3) is 1.90. The molecule has 6 heteroatoms. The number of nitrogen functional groups attached to an aromatic ring is 1. The number of imidazole rings is 1. The first kappa shape index (κ1) is 13.4. The van der Waals surface area contributed by atoms with Crippen LogP contribution in [-0.4, -0.2) is 44.4 Å². The van der Waals surface area contributed by atoms with E-state index >= 15 is 0 Å². The highest BCUT2D eigenvalue weighted by molar-refractivity contribution is 5.77. The number of aryl methyl sites for hydroxylation is 2. The van der Waals surface area contributed by atoms with Crippen LogP contribution in [0.5, 0.6) is 0 Å². The number of fused-ring (bicyclic) bond motifs is 1. The maximum Gasteiger partial charge on any atom is 0.202 e. The van der Waals surface area contributed by atoms with Gasteiger partial charge in [0.2, 0.25) is 5.95 Å². The van der Waals surface area contributed by atoms with Gasteiger partial charge in [0.25, 0.3) is 0 Å². The van der Waals surface area contributed by atoms with Gasteiger partial charge in [0, 0.05) is 19.1 Å². The Bertz CT molecular complexity index is 625. The minimum atomic E-state index is 0.414. The third-order valence-electron chi connectivity index (χ3n) is 4.47. The maximum absolute atomic E-state index is 6.22. The molecule has 0 amide bonds. The minimum Gasteiger partial charge on any atom is -0.369 e. The van der Waals surface area contributed by atoms with Gasteiger partial charge in [-0.2, -0.15) is 5.10 Å². The van der Waals surface area contributed by atoms with Crippen molar-refractivity contribution >= 4 is 17.1 Å². The van der Waals surface area contributed by atoms with Crippen LogP contribution in [0.2, 0.25) is 0 Å². The summed E-state index contributed by atoms with van der Waals surface area (Å²) in [6.07, 6.45) is 1.11. The molecule has 0 radical (unpaired) electrons. The smallest absolute Gasteiger partial charge is 0.202 e. The molecule has 0 spiro atoms. The number of nitrogens with zero attached hydrogens (tertiary/aromatic N) is 5. The van der Waals surface area contributed by atoms with Gasteiger partial charge in [-0.05, 0) is 39.8 Å². The average molecular weight is 276 g/mol. The van der Waals surface area contributed by atoms with Crippen LogP contribution >= 0.6 is 0 Å². The fourth-order valence-corrected chi connectivity index (χ4v) is 3.48. The molecular weight excluding hydrogens is 252 g/mol. The lowest BCUT2D eigenvalue weighted by Crippen LogP contribution is -2.38. The molecule has 0 bridgehead atoms. The topological polar surface area (TPSA) is 64.9 Å². The SMILES string of the molecule is CCn1nc(C)c2nc(N)n(C3CCN(C)CC3C)c21. The van der Waals surface area contributed by atoms with E-state index in [-0.39, 0.29) is 0 Å². The van der Waals surface area contributed by atoms with Crippen LogP contribution in [0.1, 0.15) is 32.0 Å². The summed E-state index contributed by atoms with van der Waals surface area (Å²) in [5.74, 6) is 1.19. The van der Waals surface area contributed by atoms with Gasteiger partial charge in [0.15, 0.2) is 5.65 Å². The summed E-state index contributed by atoms with van der Waals surface area (Å²) in [5.41, 5.74) is 9.22. The molecule has 1 fully saturated rings. The van der Waals surface area contributed by atoms with Crippen molar-refractivity contribution in [1.29, 1.82) is 0 Å². The van der Waals surface area contributed by atoms with Crippen molar-refractivity contribution in [2.45, 2.75) is 39.8 Å². The second-order valence-electron chi connectivity index (χ2n) is 6.01. The monoisotopic (exact) mass is 276 g/mol. The summed E-state index contributed by atoms with van der Waals surface area (Å²) < 4.78 is 4.25. The number of nitrogens with two attached hydrogens (primary N) is 1. The van der Waals surface area contributed by atoms with Gasteiger partial charge >= 0.3 is 0 Å². The largest absolute Gasteiger partial charge is 0.369 e. The van der Waals surface area contributed by atoms with Crippen LogP contribution in [0.4, 0.5) is 5.95 Å². The van der Waals surface area contributed by atoms with E-state index in [0.29, 0.717) is 17.9 Å². The lowest BCUT2D eigenvalue weighted by molar-refractivity contribution is 0.161. The van der Waals surface area contributed by atoms with E-state index in [2.05, 4.69) is 40.4 Å². The molecule has 2 unspecified atom stereocenters. The first-order chi connectivity index (χ1) is 9.52. The number of hydrogen-bond acceptors (Lipinski definition) is 4. The van der Waals surface area contributed by atoms with E-state index in [1.54, 1.807) is 0 Å². The maximum atomic E-state index is 6.22. The Morgan fingerprint density at radius 1 is 1.40 bits per heavy atom. The highest BCUT2D eigenvalue weighted by Crippen LogP contribution is 2.33. The molecule has 2 aromatic heterocycles. The van der Waals surface area contributed by atoms with Crippen LogP contribution in [0.25, 0.3) is 11.2 Å². The first-order valence-corrected chi connectivity index (χ1v) is 7.42. The van der Waals surface area contributed by atoms with E-state index in [9.17, 15) is 0 Å². The van der Waals surface area contributed by atoms with Gasteiger partial charge in [0.1, 0.15) is 5.52 Å². The van der Waals surface area contributed by atoms with Crippen LogP contribution in [-0.2, 0) is 6.54 Å². The number of likely N-dealkylation sites (tertiary alicyclic amines) is 1. The van der Waals surface area contributed by atoms with Crippen molar-refractivity contribution in [1.82, 2.24) is 24.2 Å². The Kier molecular flexibility index (Phi) is 3.20. The molecule has 3 heterocycles. The Labute approximate surface area is 119 Å². The number of anilines is 1. The Morgan fingerprint density at radius 3 is 2.80 bits per heavy atom. The third-order valence-corrected chi connectivity index (χ3v) is 4.47. The van der Waals surface area contributed by atoms with Crippen LogP contribution in [0, 0.1) is 12.8 Å². The molecule has 2 aromatic rings. The summed E-state index contributed by atoms with van der Waals surface area (Å²) in [6.45, 7) is 9.46. The van der Waals surface area contributed by atoms with Gasteiger partial charge in [0.05, 0.1) is 5.69 Å². The molecule has 110 valence electrons. The summed E-state index contributed by atoms with van der Waals surface area (Å²) in [7, 11) is 2.18. The van der Waals surface area contributed by atoms with E-state index in [1.165, 1.54) is 0 Å². The normalized spacial score (nSPS) is 24.6. The quantitative estimate of drug-likeness (QED) is 0.906. The molecular formula is C14H24N6. The molecule has 1 aliphatic heterocycles. The zero-order valence-electron chi connectivity index (χ0n) is 12.8. The summed E-state index contributed by atoms with van der Waals surface area (Å²) >= 11 is 0. The molecule has 20 heavy (non-hydrogen) atoms. The zero-order chi connectivity index (χ0) is 14.4. The molecule has 6 nitrogen and oxygen atoms in total. The molecule has 1 saturated heterocycles. The van der Waals surface area contributed by atoms with Crippen molar-refractivity contribution < 1.29 is 0 Å². The first-order valence-electron chi connectivity index (χ1n) is 7.42. The van der Waals surface area contributed by atoms with E-state index in [1.807, 2.05) is 11.6 Å². The fraction of sp³-hybridized carbons (Fsp3) is 0.714. The van der Waals surface area contributed by atoms with Gasteiger partial charge in [-0.3, -0.25) is 4.57 Å². The van der Waals surface area contributed by atoms with Crippen LogP contribution in [0.3, 0.4) is 0 Å². The predicted molar refractivity (Wildman–Crippen MR) is 80.7 cm³/mol. The van der Waals surface area contributed by atoms with Gasteiger partial charge in [-0.25, -0.2) is 9.67 Å². The highest BCUT2D eigenvalue weighted by Gasteiger charge is 2.30. The number of aromatic nitrogens is 4. The molecule has 2 atom stereocenters. The van der Waals surface area contributed by atoms with Crippen molar-refractivity contribution in [3.63, 3.8) is 0 Å². The second-order valence-corrected chi connectivity index (χ2v) is 6.01. The van der Waals surface area contributed by atoms with E-state index < -0.39 is 0 Å². The lowest BCUT2D eigenvalue weighted by Gasteiger charge is -2.36. The van der Waals surface area contributed by atoms with Crippen molar-refractivity contribution in [2.75, 3.05) is 25.9 Å². The van der Waals surface area contributed by atoms with E-state index in [0.717, 1.165) is 42.9 Å². The Balaban J connectivity index is 2.13. The molecule has 1 aliphatic rings. The fourth-order valence-electron chi connectivity index (χ4n) is 3.48. The Hall–Kier alpha value is -1.56. The van der Waals surface area contributed by atoms with Crippen molar-refractivity contribution in [3.8, 4) is 0 Å². The molecule has 2 N–H and O–H groups in total. The zero-order valence-corrected chi connectivity index (χ0v) is 12.8.